The van der Waals surface area contributed by atoms with Gasteiger partial charge in [-0.15, -0.1) is 0 Å². The maximum atomic E-state index is 15.0. The highest BCUT2D eigenvalue weighted by Gasteiger charge is 2.29. The molecule has 234 valence electrons. The number of alkyl halides is 3. The van der Waals surface area contributed by atoms with E-state index < -0.39 is 24.2 Å². The van der Waals surface area contributed by atoms with Crippen molar-refractivity contribution in [1.82, 2.24) is 34.3 Å². The van der Waals surface area contributed by atoms with Crippen LogP contribution in [0.15, 0.2) is 30.5 Å². The first kappa shape index (κ1) is 31.2. The third kappa shape index (κ3) is 6.79. The molecule has 0 atom stereocenters. The fourth-order valence-corrected chi connectivity index (χ4v) is 5.51. The quantitative estimate of drug-likeness (QED) is 0.247. The molecule has 9 nitrogen and oxygen atoms in total. The Bertz CT molecular complexity index is 1690. The van der Waals surface area contributed by atoms with E-state index in [0.29, 0.717) is 61.0 Å². The van der Waals surface area contributed by atoms with E-state index in [4.69, 9.17) is 0 Å². The molecule has 0 radical (unpaired) electrons. The van der Waals surface area contributed by atoms with Gasteiger partial charge in [-0.05, 0) is 64.9 Å². The highest BCUT2D eigenvalue weighted by atomic mass is 19.4. The van der Waals surface area contributed by atoms with Gasteiger partial charge in [-0.1, -0.05) is 0 Å². The van der Waals surface area contributed by atoms with Gasteiger partial charge in [0.15, 0.2) is 11.6 Å². The van der Waals surface area contributed by atoms with Crippen LogP contribution in [0.25, 0.3) is 22.3 Å². The molecule has 1 aromatic carbocycles. The minimum Gasteiger partial charge on any atom is -0.337 e. The summed E-state index contributed by atoms with van der Waals surface area (Å²) in [6.45, 7) is 8.84. The average molecular weight is 617 g/mol. The fourth-order valence-electron chi connectivity index (χ4n) is 5.51. The molecule has 0 bridgehead atoms. The Balaban J connectivity index is 1.32. The molecule has 1 saturated heterocycles. The number of amides is 1. The van der Waals surface area contributed by atoms with Gasteiger partial charge in [0.25, 0.3) is 5.91 Å². The Morgan fingerprint density at radius 1 is 1.00 bits per heavy atom. The van der Waals surface area contributed by atoms with Crippen LogP contribution in [-0.4, -0.2) is 79.1 Å². The van der Waals surface area contributed by atoms with Crippen molar-refractivity contribution in [3.63, 3.8) is 0 Å². The Labute approximate surface area is 251 Å². The second kappa shape index (κ2) is 12.4. The standard InChI is InChI=1S/C30H33F5N8O/c1-17(2)43-19(4)38-27-22(31)14-20(15-24(27)43)26-23(32)16-36-29(40-26)39-25-7-6-21(18(3)37-25)28(44)42-10-5-9-41(12-13-42)11-8-30(33,34)35/h6-7,14-17H,5,8-13H2,1-4H3,(H,36,37,39,40). The van der Waals surface area contributed by atoms with Gasteiger partial charge in [-0.2, -0.15) is 13.2 Å². The normalized spacial score (nSPS) is 14.8. The number of pyridine rings is 1. The number of anilines is 2. The van der Waals surface area contributed by atoms with Crippen LogP contribution < -0.4 is 5.32 Å². The maximum absolute atomic E-state index is 15.0. The van der Waals surface area contributed by atoms with E-state index in [1.807, 2.05) is 18.4 Å². The van der Waals surface area contributed by atoms with E-state index in [9.17, 15) is 22.4 Å². The molecule has 1 fully saturated rings. The van der Waals surface area contributed by atoms with E-state index in [2.05, 4.69) is 25.3 Å². The van der Waals surface area contributed by atoms with Gasteiger partial charge in [0.05, 0.1) is 29.4 Å². The first-order valence-electron chi connectivity index (χ1n) is 14.3. The SMILES string of the molecule is Cc1nc(Nc2ncc(F)c(-c3cc(F)c4nc(C)n(C(C)C)c4c3)n2)ccc1C(=O)N1CCCN(CCC(F)(F)F)CC1. The van der Waals surface area contributed by atoms with Gasteiger partial charge in [-0.3, -0.25) is 4.79 Å². The zero-order chi connectivity index (χ0) is 31.8. The van der Waals surface area contributed by atoms with E-state index in [-0.39, 0.29) is 41.2 Å². The summed E-state index contributed by atoms with van der Waals surface area (Å²) in [5.41, 5.74) is 1.62. The molecule has 44 heavy (non-hydrogen) atoms. The summed E-state index contributed by atoms with van der Waals surface area (Å²) in [5.74, 6) is -0.620. The molecule has 0 spiro atoms. The van der Waals surface area contributed by atoms with Gasteiger partial charge in [-0.25, -0.2) is 28.7 Å². The molecule has 5 rings (SSSR count). The summed E-state index contributed by atoms with van der Waals surface area (Å²) in [4.78, 5) is 33.7. The fraction of sp³-hybridized carbons (Fsp3) is 0.433. The zero-order valence-corrected chi connectivity index (χ0v) is 24.8. The van der Waals surface area contributed by atoms with Gasteiger partial charge >= 0.3 is 6.18 Å². The molecule has 4 aromatic rings. The predicted molar refractivity (Wildman–Crippen MR) is 156 cm³/mol. The number of carbonyl (C=O) groups excluding carboxylic acids is 1. The molecular formula is C30H33F5N8O. The van der Waals surface area contributed by atoms with Crippen molar-refractivity contribution < 1.29 is 26.7 Å². The summed E-state index contributed by atoms with van der Waals surface area (Å²) in [7, 11) is 0. The molecule has 1 aliphatic rings. The Morgan fingerprint density at radius 2 is 1.77 bits per heavy atom. The molecule has 3 aromatic heterocycles. The smallest absolute Gasteiger partial charge is 0.337 e. The van der Waals surface area contributed by atoms with Crippen LogP contribution in [0.1, 0.15) is 54.6 Å². The van der Waals surface area contributed by atoms with E-state index in [1.165, 1.54) is 6.07 Å². The van der Waals surface area contributed by atoms with Crippen LogP contribution in [0.3, 0.4) is 0 Å². The van der Waals surface area contributed by atoms with E-state index in [0.717, 1.165) is 6.20 Å². The number of benzene rings is 1. The lowest BCUT2D eigenvalue weighted by molar-refractivity contribution is -0.137. The van der Waals surface area contributed by atoms with Gasteiger partial charge in [0.1, 0.15) is 22.9 Å². The van der Waals surface area contributed by atoms with Crippen molar-refractivity contribution in [2.24, 2.45) is 0 Å². The molecular weight excluding hydrogens is 583 g/mol. The third-order valence-corrected chi connectivity index (χ3v) is 7.60. The summed E-state index contributed by atoms with van der Waals surface area (Å²) in [6.07, 6.45) is -3.55. The number of imidazole rings is 1. The minimum atomic E-state index is -4.22. The van der Waals surface area contributed by atoms with Crippen molar-refractivity contribution in [2.45, 2.75) is 52.8 Å². The predicted octanol–water partition coefficient (Wildman–Crippen LogP) is 6.21. The van der Waals surface area contributed by atoms with Gasteiger partial charge in [0, 0.05) is 37.8 Å². The van der Waals surface area contributed by atoms with Crippen LogP contribution in [0.4, 0.5) is 33.7 Å². The Morgan fingerprint density at radius 3 is 2.48 bits per heavy atom. The summed E-state index contributed by atoms with van der Waals surface area (Å²) in [6, 6.07) is 6.01. The average Bonchev–Trinajstić information content (AvgIpc) is 3.12. The Kier molecular flexibility index (Phi) is 8.82. The molecule has 0 saturated carbocycles. The number of nitrogens with one attached hydrogen (secondary N) is 1. The number of hydrogen-bond acceptors (Lipinski definition) is 7. The van der Waals surface area contributed by atoms with Crippen molar-refractivity contribution in [3.8, 4) is 11.3 Å². The number of aryl methyl sites for hydroxylation is 2. The number of aromatic nitrogens is 5. The molecule has 4 heterocycles. The van der Waals surface area contributed by atoms with E-state index >= 15 is 4.39 Å². The van der Waals surface area contributed by atoms with Crippen molar-refractivity contribution in [2.75, 3.05) is 38.0 Å². The second-order valence-corrected chi connectivity index (χ2v) is 11.1. The zero-order valence-electron chi connectivity index (χ0n) is 24.8. The number of halogens is 5. The molecule has 1 amide bonds. The molecule has 14 heteroatoms. The summed E-state index contributed by atoms with van der Waals surface area (Å²) >= 11 is 0. The molecule has 1 N–H and O–H groups in total. The molecule has 0 aliphatic carbocycles. The first-order chi connectivity index (χ1) is 20.8. The summed E-state index contributed by atoms with van der Waals surface area (Å²) in [5, 5.41) is 2.92. The first-order valence-corrected chi connectivity index (χ1v) is 14.3. The van der Waals surface area contributed by atoms with Crippen molar-refractivity contribution >= 4 is 28.7 Å². The van der Waals surface area contributed by atoms with E-state index in [1.54, 1.807) is 41.8 Å². The molecule has 0 unspecified atom stereocenters. The van der Waals surface area contributed by atoms with Crippen LogP contribution in [0, 0.1) is 25.5 Å². The summed E-state index contributed by atoms with van der Waals surface area (Å²) < 4.78 is 69.7. The maximum Gasteiger partial charge on any atom is 0.390 e. The third-order valence-electron chi connectivity index (χ3n) is 7.60. The van der Waals surface area contributed by atoms with Gasteiger partial charge in [0.2, 0.25) is 5.95 Å². The lowest BCUT2D eigenvalue weighted by Gasteiger charge is -2.23. The number of hydrogen-bond donors (Lipinski definition) is 1. The van der Waals surface area contributed by atoms with Gasteiger partial charge < -0.3 is 19.7 Å². The second-order valence-electron chi connectivity index (χ2n) is 11.1. The number of nitrogens with zero attached hydrogens (tertiary/aromatic N) is 7. The minimum absolute atomic E-state index is 0.00334. The highest BCUT2D eigenvalue weighted by molar-refractivity contribution is 5.95. The van der Waals surface area contributed by atoms with Crippen molar-refractivity contribution in [3.05, 3.63) is 59.2 Å². The topological polar surface area (TPSA) is 92.1 Å². The van der Waals surface area contributed by atoms with Crippen LogP contribution in [-0.2, 0) is 0 Å². The van der Waals surface area contributed by atoms with Crippen LogP contribution in [0.2, 0.25) is 0 Å². The monoisotopic (exact) mass is 616 g/mol. The largest absolute Gasteiger partial charge is 0.390 e. The van der Waals surface area contributed by atoms with Crippen molar-refractivity contribution in [1.29, 1.82) is 0 Å². The lowest BCUT2D eigenvalue weighted by atomic mass is 10.1. The number of carbonyl (C=O) groups is 1. The highest BCUT2D eigenvalue weighted by Crippen LogP contribution is 2.30. The molecule has 1 aliphatic heterocycles. The van der Waals surface area contributed by atoms with Crippen LogP contribution in [0.5, 0.6) is 0 Å². The Hall–Kier alpha value is -4.20. The number of fused-ring (bicyclic) bond motifs is 1. The van der Waals surface area contributed by atoms with Crippen LogP contribution >= 0.6 is 0 Å². The number of rotatable bonds is 7. The lowest BCUT2D eigenvalue weighted by Crippen LogP contribution is -2.36.